The summed E-state index contributed by atoms with van der Waals surface area (Å²) in [7, 11) is 0. The van der Waals surface area contributed by atoms with Gasteiger partial charge in [-0.3, -0.25) is 9.69 Å². The van der Waals surface area contributed by atoms with Crippen LogP contribution >= 0.6 is 11.6 Å². The van der Waals surface area contributed by atoms with E-state index in [4.69, 9.17) is 26.2 Å². The highest BCUT2D eigenvalue weighted by Gasteiger charge is 2.48. The summed E-state index contributed by atoms with van der Waals surface area (Å²) in [6.45, 7) is 4.44. The van der Waals surface area contributed by atoms with E-state index in [1.807, 2.05) is 4.90 Å². The molecule has 0 aromatic heterocycles. The number of carboxylic acids is 1. The Balaban J connectivity index is 0.000000360. The number of nitrogens with zero attached hydrogens (tertiary/aromatic N) is 2. The van der Waals surface area contributed by atoms with Crippen LogP contribution in [0, 0.1) is 0 Å². The standard InChI is InChI=1S/C19H25ClN2O3.C2HF3O2/c20-14-4-5-16(17(23)11-14)18(24)21-8-2-6-19(13-21)7-9-22(19)12-15-3-1-10-25-15;3-2(4,5)1(6)7/h4-5,11,15,23H,1-3,6-10,12-13H2;(H,6,7). The lowest BCUT2D eigenvalue weighted by molar-refractivity contribution is -0.192. The molecule has 2 unspecified atom stereocenters. The third kappa shape index (κ3) is 5.65. The maximum atomic E-state index is 12.9. The van der Waals surface area contributed by atoms with Gasteiger partial charge in [0.25, 0.3) is 5.91 Å². The summed E-state index contributed by atoms with van der Waals surface area (Å²) in [6.07, 6.45) is 0.845. The normalized spacial score (nSPS) is 25.8. The second kappa shape index (κ2) is 9.84. The van der Waals surface area contributed by atoms with Crippen molar-refractivity contribution < 1.29 is 37.7 Å². The number of ether oxygens (including phenoxy) is 1. The number of likely N-dealkylation sites (tertiary alicyclic amines) is 2. The van der Waals surface area contributed by atoms with Crippen LogP contribution in [0.3, 0.4) is 0 Å². The fourth-order valence-electron chi connectivity index (χ4n) is 4.51. The van der Waals surface area contributed by atoms with E-state index >= 15 is 0 Å². The van der Waals surface area contributed by atoms with Gasteiger partial charge in [-0.25, -0.2) is 4.79 Å². The van der Waals surface area contributed by atoms with Gasteiger partial charge < -0.3 is 19.8 Å². The molecule has 3 aliphatic heterocycles. The molecule has 178 valence electrons. The number of amides is 1. The van der Waals surface area contributed by atoms with Crippen LogP contribution in [-0.4, -0.2) is 82.5 Å². The van der Waals surface area contributed by atoms with Gasteiger partial charge in [0.05, 0.1) is 11.7 Å². The molecule has 7 nitrogen and oxygen atoms in total. The first kappa shape index (κ1) is 24.6. The second-order valence-electron chi connectivity index (χ2n) is 8.35. The van der Waals surface area contributed by atoms with Crippen LogP contribution in [0.4, 0.5) is 13.2 Å². The third-order valence-electron chi connectivity index (χ3n) is 6.24. The van der Waals surface area contributed by atoms with Crippen LogP contribution in [0.25, 0.3) is 0 Å². The zero-order chi connectivity index (χ0) is 23.5. The highest BCUT2D eigenvalue weighted by molar-refractivity contribution is 6.30. The number of phenols is 1. The van der Waals surface area contributed by atoms with Gasteiger partial charge in [-0.15, -0.1) is 0 Å². The molecule has 0 aliphatic carbocycles. The number of piperidine rings is 1. The van der Waals surface area contributed by atoms with Gasteiger partial charge in [-0.2, -0.15) is 13.2 Å². The molecule has 0 saturated carbocycles. The zero-order valence-corrected chi connectivity index (χ0v) is 18.2. The quantitative estimate of drug-likeness (QED) is 0.690. The summed E-state index contributed by atoms with van der Waals surface area (Å²) < 4.78 is 37.5. The van der Waals surface area contributed by atoms with Crippen molar-refractivity contribution in [1.82, 2.24) is 9.80 Å². The Bertz CT molecular complexity index is 847. The van der Waals surface area contributed by atoms with Crippen molar-refractivity contribution in [2.75, 3.05) is 32.8 Å². The number of carbonyl (C=O) groups is 2. The van der Waals surface area contributed by atoms with Crippen molar-refractivity contribution in [3.63, 3.8) is 0 Å². The second-order valence-corrected chi connectivity index (χ2v) is 8.79. The van der Waals surface area contributed by atoms with E-state index in [0.29, 0.717) is 16.7 Å². The van der Waals surface area contributed by atoms with E-state index in [9.17, 15) is 23.1 Å². The fourth-order valence-corrected chi connectivity index (χ4v) is 4.68. The van der Waals surface area contributed by atoms with E-state index in [-0.39, 0.29) is 17.2 Å². The largest absolute Gasteiger partial charge is 0.507 e. The molecule has 1 aromatic rings. The van der Waals surface area contributed by atoms with Crippen molar-refractivity contribution in [1.29, 1.82) is 0 Å². The molecule has 3 saturated heterocycles. The molecule has 3 heterocycles. The van der Waals surface area contributed by atoms with Crippen LogP contribution < -0.4 is 0 Å². The molecular weight excluding hydrogens is 453 g/mol. The molecule has 1 aromatic carbocycles. The summed E-state index contributed by atoms with van der Waals surface area (Å²) >= 11 is 5.88. The third-order valence-corrected chi connectivity index (χ3v) is 6.48. The van der Waals surface area contributed by atoms with Crippen LogP contribution in [0.15, 0.2) is 18.2 Å². The van der Waals surface area contributed by atoms with Gasteiger partial charge in [0, 0.05) is 43.3 Å². The first-order chi connectivity index (χ1) is 15.0. The summed E-state index contributed by atoms with van der Waals surface area (Å²) in [5.41, 5.74) is 0.438. The number of hydrogen-bond acceptors (Lipinski definition) is 5. The number of hydrogen-bond donors (Lipinski definition) is 2. The minimum atomic E-state index is -5.08. The predicted molar refractivity (Wildman–Crippen MR) is 110 cm³/mol. The number of phenolic OH excluding ortho intramolecular Hbond substituents is 1. The molecule has 0 bridgehead atoms. The minimum absolute atomic E-state index is 0.0399. The number of carboxylic acid groups (broad SMARTS) is 1. The number of halogens is 4. The van der Waals surface area contributed by atoms with Crippen molar-refractivity contribution in [2.24, 2.45) is 0 Å². The van der Waals surface area contributed by atoms with Crippen molar-refractivity contribution in [3.05, 3.63) is 28.8 Å². The lowest BCUT2D eigenvalue weighted by atomic mass is 9.77. The van der Waals surface area contributed by atoms with Gasteiger partial charge in [-0.1, -0.05) is 11.6 Å². The smallest absolute Gasteiger partial charge is 0.490 e. The number of rotatable bonds is 3. The maximum Gasteiger partial charge on any atom is 0.490 e. The average molecular weight is 479 g/mol. The Morgan fingerprint density at radius 3 is 2.47 bits per heavy atom. The summed E-state index contributed by atoms with van der Waals surface area (Å²) in [5.74, 6) is -2.90. The van der Waals surface area contributed by atoms with E-state index in [0.717, 1.165) is 64.9 Å². The monoisotopic (exact) mass is 478 g/mol. The molecule has 3 fully saturated rings. The fraction of sp³-hybridized carbons (Fsp3) is 0.619. The highest BCUT2D eigenvalue weighted by Crippen LogP contribution is 2.40. The molecule has 1 amide bonds. The Labute approximate surface area is 188 Å². The van der Waals surface area contributed by atoms with Crippen molar-refractivity contribution >= 4 is 23.5 Å². The highest BCUT2D eigenvalue weighted by atomic mass is 35.5. The Morgan fingerprint density at radius 1 is 1.22 bits per heavy atom. The van der Waals surface area contributed by atoms with Gasteiger partial charge in [0.15, 0.2) is 0 Å². The van der Waals surface area contributed by atoms with E-state index in [1.54, 1.807) is 12.1 Å². The SMILES string of the molecule is O=C(O)C(F)(F)F.O=C(c1ccc(Cl)cc1O)N1CCCC2(CCN2CC2CCCO2)C1. The Morgan fingerprint density at radius 2 is 1.94 bits per heavy atom. The number of aromatic hydroxyl groups is 1. The Kier molecular flexibility index (Phi) is 7.57. The predicted octanol–water partition coefficient (Wildman–Crippen LogP) is 3.54. The van der Waals surface area contributed by atoms with E-state index < -0.39 is 12.1 Å². The van der Waals surface area contributed by atoms with Gasteiger partial charge in [-0.05, 0) is 50.3 Å². The minimum Gasteiger partial charge on any atom is -0.507 e. The van der Waals surface area contributed by atoms with Crippen LogP contribution in [0.1, 0.15) is 42.5 Å². The van der Waals surface area contributed by atoms with Crippen LogP contribution in [-0.2, 0) is 9.53 Å². The van der Waals surface area contributed by atoms with Gasteiger partial charge in [0.1, 0.15) is 5.75 Å². The van der Waals surface area contributed by atoms with Gasteiger partial charge in [0.2, 0.25) is 0 Å². The summed E-state index contributed by atoms with van der Waals surface area (Å²) in [4.78, 5) is 26.2. The Hall–Kier alpha value is -2.04. The number of benzene rings is 1. The topological polar surface area (TPSA) is 90.3 Å². The first-order valence-electron chi connectivity index (χ1n) is 10.5. The lowest BCUT2D eigenvalue weighted by Crippen LogP contribution is -2.68. The van der Waals surface area contributed by atoms with Crippen molar-refractivity contribution in [2.45, 2.75) is 49.9 Å². The van der Waals surface area contributed by atoms with Crippen molar-refractivity contribution in [3.8, 4) is 5.75 Å². The summed E-state index contributed by atoms with van der Waals surface area (Å²) in [6, 6.07) is 4.70. The average Bonchev–Trinajstić information content (AvgIpc) is 3.24. The van der Waals surface area contributed by atoms with Crippen LogP contribution in [0.2, 0.25) is 5.02 Å². The van der Waals surface area contributed by atoms with Crippen LogP contribution in [0.5, 0.6) is 5.75 Å². The van der Waals surface area contributed by atoms with E-state index in [2.05, 4.69) is 4.90 Å². The molecule has 32 heavy (non-hydrogen) atoms. The van der Waals surface area contributed by atoms with Gasteiger partial charge >= 0.3 is 12.1 Å². The molecule has 4 rings (SSSR count). The molecular formula is C21H26ClF3N2O5. The lowest BCUT2D eigenvalue weighted by Gasteiger charge is -2.57. The summed E-state index contributed by atoms with van der Waals surface area (Å²) in [5, 5.41) is 17.6. The number of alkyl halides is 3. The molecule has 1 spiro atoms. The number of aliphatic carboxylic acids is 1. The maximum absolute atomic E-state index is 12.9. The first-order valence-corrected chi connectivity index (χ1v) is 10.8. The molecule has 2 N–H and O–H groups in total. The van der Waals surface area contributed by atoms with E-state index in [1.165, 1.54) is 6.07 Å². The molecule has 2 atom stereocenters. The molecule has 3 aliphatic rings. The molecule has 11 heteroatoms. The zero-order valence-electron chi connectivity index (χ0n) is 17.4. The molecule has 0 radical (unpaired) electrons. The number of carbonyl (C=O) groups excluding carboxylic acids is 1.